The molecule has 0 aliphatic carbocycles. The number of nitrogens with zero attached hydrogens (tertiary/aromatic N) is 2. The Bertz CT molecular complexity index is 652. The molecule has 1 aromatic carbocycles. The lowest BCUT2D eigenvalue weighted by molar-refractivity contribution is 0.0438. The zero-order chi connectivity index (χ0) is 23.1. The number of ether oxygens (including phenoxy) is 2. The van der Waals surface area contributed by atoms with Crippen molar-refractivity contribution in [3.05, 3.63) is 24.3 Å². The monoisotopic (exact) mass is 459 g/mol. The second kappa shape index (κ2) is 15.2. The summed E-state index contributed by atoms with van der Waals surface area (Å²) in [6.45, 7) is 9.03. The van der Waals surface area contributed by atoms with E-state index in [4.69, 9.17) is 9.47 Å². The number of benzene rings is 1. The molecule has 2 heterocycles. The lowest BCUT2D eigenvalue weighted by atomic mass is 10.1. The molecule has 0 saturated carbocycles. The standard InChI is InChI=1S/C27H45N3O3/c1-2-3-4-5-12-20-32-25-15-13-14-24(21-25)28-27(31)33-26(22-29-16-8-6-9-17-29)23-30-18-10-7-11-19-30/h13-15,21,26H,2-12,16-20,22-23H2,1H3,(H,28,31). The molecule has 0 bridgehead atoms. The third-order valence-corrected chi connectivity index (χ3v) is 6.69. The van der Waals surface area contributed by atoms with Gasteiger partial charge in [-0.05, 0) is 70.4 Å². The average Bonchev–Trinajstić information content (AvgIpc) is 2.83. The maximum Gasteiger partial charge on any atom is 0.411 e. The van der Waals surface area contributed by atoms with Crippen molar-refractivity contribution >= 4 is 11.8 Å². The van der Waals surface area contributed by atoms with Gasteiger partial charge in [-0.1, -0.05) is 51.5 Å². The van der Waals surface area contributed by atoms with Crippen molar-refractivity contribution in [2.75, 3.05) is 51.2 Å². The topological polar surface area (TPSA) is 54.0 Å². The van der Waals surface area contributed by atoms with E-state index in [-0.39, 0.29) is 12.2 Å². The molecule has 6 nitrogen and oxygen atoms in total. The zero-order valence-corrected chi connectivity index (χ0v) is 20.7. The number of likely N-dealkylation sites (tertiary alicyclic amines) is 2. The van der Waals surface area contributed by atoms with Crippen molar-refractivity contribution in [3.8, 4) is 5.75 Å². The average molecular weight is 460 g/mol. The summed E-state index contributed by atoms with van der Waals surface area (Å²) >= 11 is 0. The van der Waals surface area contributed by atoms with Gasteiger partial charge in [0.15, 0.2) is 0 Å². The van der Waals surface area contributed by atoms with Crippen LogP contribution in [0.15, 0.2) is 24.3 Å². The molecule has 0 unspecified atom stereocenters. The molecule has 1 N–H and O–H groups in total. The van der Waals surface area contributed by atoms with Crippen LogP contribution >= 0.6 is 0 Å². The number of nitrogens with one attached hydrogen (secondary N) is 1. The molecule has 6 heteroatoms. The summed E-state index contributed by atoms with van der Waals surface area (Å²) in [6.07, 6.45) is 13.2. The van der Waals surface area contributed by atoms with Crippen molar-refractivity contribution < 1.29 is 14.3 Å². The SMILES string of the molecule is CCCCCCCOc1cccc(NC(=O)OC(CN2CCCCC2)CN2CCCCC2)c1. The van der Waals surface area contributed by atoms with Gasteiger partial charge in [0.2, 0.25) is 0 Å². The molecule has 3 rings (SSSR count). The highest BCUT2D eigenvalue weighted by Gasteiger charge is 2.23. The minimum atomic E-state index is -0.370. The Morgan fingerprint density at radius 2 is 1.55 bits per heavy atom. The van der Waals surface area contributed by atoms with E-state index in [1.165, 1.54) is 64.2 Å². The highest BCUT2D eigenvalue weighted by molar-refractivity contribution is 5.85. The van der Waals surface area contributed by atoms with Gasteiger partial charge in [0.1, 0.15) is 11.9 Å². The number of unbranched alkanes of at least 4 members (excludes halogenated alkanes) is 4. The summed E-state index contributed by atoms with van der Waals surface area (Å²) in [5.41, 5.74) is 0.721. The molecular weight excluding hydrogens is 414 g/mol. The number of rotatable bonds is 13. The number of carbonyl (C=O) groups excluding carboxylic acids is 1. The lowest BCUT2D eigenvalue weighted by Crippen LogP contribution is -2.45. The molecule has 1 amide bonds. The maximum absolute atomic E-state index is 12.8. The summed E-state index contributed by atoms with van der Waals surface area (Å²) in [5, 5.41) is 2.93. The van der Waals surface area contributed by atoms with Crippen LogP contribution in [0.25, 0.3) is 0 Å². The normalized spacial score (nSPS) is 17.8. The number of carbonyl (C=O) groups is 1. The van der Waals surface area contributed by atoms with Gasteiger partial charge < -0.3 is 9.47 Å². The van der Waals surface area contributed by atoms with Crippen LogP contribution in [0.1, 0.15) is 77.6 Å². The molecule has 2 saturated heterocycles. The van der Waals surface area contributed by atoms with Crippen LogP contribution in [-0.4, -0.2) is 67.9 Å². The summed E-state index contributed by atoms with van der Waals surface area (Å²) in [6, 6.07) is 7.64. The van der Waals surface area contributed by atoms with E-state index in [1.807, 2.05) is 24.3 Å². The van der Waals surface area contributed by atoms with Gasteiger partial charge in [0.05, 0.1) is 6.61 Å². The van der Waals surface area contributed by atoms with Crippen LogP contribution in [0, 0.1) is 0 Å². The number of hydrogen-bond donors (Lipinski definition) is 1. The van der Waals surface area contributed by atoms with Crippen LogP contribution in [0.2, 0.25) is 0 Å². The minimum Gasteiger partial charge on any atom is -0.494 e. The Morgan fingerprint density at radius 1 is 0.909 bits per heavy atom. The quantitative estimate of drug-likeness (QED) is 0.371. The first kappa shape index (κ1) is 25.8. The number of piperidine rings is 2. The molecule has 0 aromatic heterocycles. The fraction of sp³-hybridized carbons (Fsp3) is 0.741. The fourth-order valence-electron chi connectivity index (χ4n) is 4.85. The Kier molecular flexibility index (Phi) is 11.9. The van der Waals surface area contributed by atoms with Gasteiger partial charge in [-0.3, -0.25) is 15.1 Å². The van der Waals surface area contributed by atoms with E-state index in [2.05, 4.69) is 22.0 Å². The molecule has 33 heavy (non-hydrogen) atoms. The van der Waals surface area contributed by atoms with Gasteiger partial charge in [0, 0.05) is 24.8 Å². The first-order valence-electron chi connectivity index (χ1n) is 13.4. The second-order valence-corrected chi connectivity index (χ2v) is 9.67. The molecule has 0 radical (unpaired) electrons. The van der Waals surface area contributed by atoms with E-state index in [1.54, 1.807) is 0 Å². The molecule has 2 aliphatic rings. The van der Waals surface area contributed by atoms with E-state index in [9.17, 15) is 4.79 Å². The van der Waals surface area contributed by atoms with Crippen LogP contribution in [0.3, 0.4) is 0 Å². The van der Waals surface area contributed by atoms with Crippen molar-refractivity contribution in [1.82, 2.24) is 9.80 Å². The predicted octanol–water partition coefficient (Wildman–Crippen LogP) is 5.92. The smallest absolute Gasteiger partial charge is 0.411 e. The van der Waals surface area contributed by atoms with Crippen LogP contribution in [-0.2, 0) is 4.74 Å². The van der Waals surface area contributed by atoms with Crippen LogP contribution in [0.4, 0.5) is 10.5 Å². The fourth-order valence-corrected chi connectivity index (χ4v) is 4.85. The van der Waals surface area contributed by atoms with E-state index < -0.39 is 0 Å². The minimum absolute atomic E-state index is 0.108. The Morgan fingerprint density at radius 3 is 2.18 bits per heavy atom. The third-order valence-electron chi connectivity index (χ3n) is 6.69. The highest BCUT2D eigenvalue weighted by Crippen LogP contribution is 2.19. The number of anilines is 1. The molecule has 2 fully saturated rings. The van der Waals surface area contributed by atoms with E-state index >= 15 is 0 Å². The summed E-state index contributed by atoms with van der Waals surface area (Å²) < 4.78 is 11.8. The second-order valence-electron chi connectivity index (χ2n) is 9.67. The predicted molar refractivity (Wildman–Crippen MR) is 135 cm³/mol. The Labute approximate surface area is 201 Å². The maximum atomic E-state index is 12.8. The lowest BCUT2D eigenvalue weighted by Gasteiger charge is -2.34. The first-order chi connectivity index (χ1) is 16.2. The Hall–Kier alpha value is -1.79. The van der Waals surface area contributed by atoms with Crippen LogP contribution in [0.5, 0.6) is 5.75 Å². The number of hydrogen-bond acceptors (Lipinski definition) is 5. The zero-order valence-electron chi connectivity index (χ0n) is 20.7. The van der Waals surface area contributed by atoms with Crippen molar-refractivity contribution in [3.63, 3.8) is 0 Å². The summed E-state index contributed by atoms with van der Waals surface area (Å²) in [5.74, 6) is 0.793. The summed E-state index contributed by atoms with van der Waals surface area (Å²) in [4.78, 5) is 17.7. The van der Waals surface area contributed by atoms with Crippen molar-refractivity contribution in [1.29, 1.82) is 0 Å². The van der Waals surface area contributed by atoms with Gasteiger partial charge in [-0.25, -0.2) is 4.79 Å². The first-order valence-corrected chi connectivity index (χ1v) is 13.4. The van der Waals surface area contributed by atoms with E-state index in [0.717, 1.165) is 57.1 Å². The molecule has 186 valence electrons. The van der Waals surface area contributed by atoms with Crippen LogP contribution < -0.4 is 10.1 Å². The highest BCUT2D eigenvalue weighted by atomic mass is 16.6. The van der Waals surface area contributed by atoms with Gasteiger partial charge >= 0.3 is 6.09 Å². The van der Waals surface area contributed by atoms with Gasteiger partial charge in [-0.15, -0.1) is 0 Å². The van der Waals surface area contributed by atoms with Gasteiger partial charge in [-0.2, -0.15) is 0 Å². The number of amides is 1. The molecular formula is C27H45N3O3. The largest absolute Gasteiger partial charge is 0.494 e. The third kappa shape index (κ3) is 10.3. The molecule has 2 aliphatic heterocycles. The molecule has 0 atom stereocenters. The van der Waals surface area contributed by atoms with Crippen molar-refractivity contribution in [2.24, 2.45) is 0 Å². The van der Waals surface area contributed by atoms with E-state index in [0.29, 0.717) is 6.61 Å². The molecule has 0 spiro atoms. The van der Waals surface area contributed by atoms with Gasteiger partial charge in [0.25, 0.3) is 0 Å². The Balaban J connectivity index is 1.47. The summed E-state index contributed by atoms with van der Waals surface area (Å²) in [7, 11) is 0. The molecule has 1 aromatic rings. The van der Waals surface area contributed by atoms with Crippen molar-refractivity contribution in [2.45, 2.75) is 83.7 Å².